The van der Waals surface area contributed by atoms with Gasteiger partial charge in [-0.25, -0.2) is 13.2 Å². The molecule has 0 aliphatic rings. The standard InChI is InChI=1S/C23H18F3N7O/c24-14-7-1-4-10-17(14)28-20(34)13-27-21-31-22(29-18-11-5-2-8-15(18)25)33-23(32-21)30-19-12-6-3-9-16(19)26/h1-12H,13H2,(H,28,34)(H3,27,29,30,31,32,33). The highest BCUT2D eigenvalue weighted by Gasteiger charge is 2.12. The molecule has 0 aliphatic heterocycles. The molecule has 0 spiro atoms. The molecule has 0 fully saturated rings. The summed E-state index contributed by atoms with van der Waals surface area (Å²) >= 11 is 0. The van der Waals surface area contributed by atoms with Gasteiger partial charge in [-0.3, -0.25) is 4.79 Å². The molecule has 0 radical (unpaired) electrons. The first-order chi connectivity index (χ1) is 16.5. The van der Waals surface area contributed by atoms with Crippen LogP contribution in [0.5, 0.6) is 0 Å². The molecule has 0 saturated carbocycles. The van der Waals surface area contributed by atoms with Gasteiger partial charge in [0.15, 0.2) is 0 Å². The van der Waals surface area contributed by atoms with Gasteiger partial charge in [-0.05, 0) is 36.4 Å². The molecule has 4 N–H and O–H groups in total. The number of amides is 1. The summed E-state index contributed by atoms with van der Waals surface area (Å²) in [5.74, 6) is -2.39. The molecule has 172 valence electrons. The zero-order chi connectivity index (χ0) is 23.9. The highest BCUT2D eigenvalue weighted by Crippen LogP contribution is 2.22. The van der Waals surface area contributed by atoms with Gasteiger partial charge in [0.2, 0.25) is 23.8 Å². The van der Waals surface area contributed by atoms with Crippen LogP contribution in [0.1, 0.15) is 0 Å². The number of benzene rings is 3. The molecule has 0 aliphatic carbocycles. The van der Waals surface area contributed by atoms with Gasteiger partial charge in [-0.1, -0.05) is 36.4 Å². The highest BCUT2D eigenvalue weighted by molar-refractivity contribution is 5.93. The second-order valence-corrected chi connectivity index (χ2v) is 6.90. The van der Waals surface area contributed by atoms with Gasteiger partial charge in [-0.15, -0.1) is 0 Å². The van der Waals surface area contributed by atoms with E-state index in [2.05, 4.69) is 36.2 Å². The van der Waals surface area contributed by atoms with E-state index in [-0.39, 0.29) is 41.5 Å². The molecule has 0 atom stereocenters. The van der Waals surface area contributed by atoms with E-state index in [1.54, 1.807) is 18.2 Å². The molecule has 4 rings (SSSR count). The lowest BCUT2D eigenvalue weighted by Crippen LogP contribution is -2.23. The van der Waals surface area contributed by atoms with E-state index in [9.17, 15) is 18.0 Å². The average Bonchev–Trinajstić information content (AvgIpc) is 2.82. The van der Waals surface area contributed by atoms with Crippen molar-refractivity contribution in [2.45, 2.75) is 0 Å². The van der Waals surface area contributed by atoms with Gasteiger partial charge in [-0.2, -0.15) is 15.0 Å². The Morgan fingerprint density at radius 3 is 1.50 bits per heavy atom. The van der Waals surface area contributed by atoms with Gasteiger partial charge in [0, 0.05) is 0 Å². The van der Waals surface area contributed by atoms with Crippen molar-refractivity contribution in [2.24, 2.45) is 0 Å². The van der Waals surface area contributed by atoms with E-state index < -0.39 is 23.4 Å². The number of para-hydroxylation sites is 3. The first-order valence-electron chi connectivity index (χ1n) is 10.1. The third-order valence-corrected chi connectivity index (χ3v) is 4.43. The first kappa shape index (κ1) is 22.5. The van der Waals surface area contributed by atoms with Gasteiger partial charge in [0.1, 0.15) is 17.5 Å². The Kier molecular flexibility index (Phi) is 6.82. The average molecular weight is 465 g/mol. The molecule has 1 amide bonds. The molecule has 0 bridgehead atoms. The summed E-state index contributed by atoms with van der Waals surface area (Å²) in [4.78, 5) is 24.6. The van der Waals surface area contributed by atoms with Crippen molar-refractivity contribution in [3.63, 3.8) is 0 Å². The minimum Gasteiger partial charge on any atom is -0.345 e. The van der Waals surface area contributed by atoms with Crippen LogP contribution in [0.2, 0.25) is 0 Å². The maximum absolute atomic E-state index is 14.1. The summed E-state index contributed by atoms with van der Waals surface area (Å²) in [5.41, 5.74) is 0.233. The largest absolute Gasteiger partial charge is 0.345 e. The van der Waals surface area contributed by atoms with Gasteiger partial charge >= 0.3 is 0 Å². The normalized spacial score (nSPS) is 10.4. The van der Waals surface area contributed by atoms with E-state index >= 15 is 0 Å². The van der Waals surface area contributed by atoms with Crippen molar-refractivity contribution >= 4 is 40.8 Å². The van der Waals surface area contributed by atoms with Crippen molar-refractivity contribution in [3.8, 4) is 0 Å². The second kappa shape index (κ2) is 10.3. The minimum absolute atomic E-state index is 0.0220. The summed E-state index contributed by atoms with van der Waals surface area (Å²) in [6.45, 7) is -0.309. The van der Waals surface area contributed by atoms with Crippen LogP contribution in [-0.4, -0.2) is 27.4 Å². The molecular formula is C23H18F3N7O. The van der Waals surface area contributed by atoms with E-state index in [4.69, 9.17) is 0 Å². The van der Waals surface area contributed by atoms with Crippen LogP contribution in [0.25, 0.3) is 0 Å². The summed E-state index contributed by atoms with van der Waals surface area (Å²) in [5, 5.41) is 10.6. The number of rotatable bonds is 8. The Morgan fingerprint density at radius 1 is 0.618 bits per heavy atom. The van der Waals surface area contributed by atoms with Crippen LogP contribution >= 0.6 is 0 Å². The van der Waals surface area contributed by atoms with Crippen LogP contribution in [0.4, 0.5) is 48.1 Å². The fraction of sp³-hybridized carbons (Fsp3) is 0.0435. The van der Waals surface area contributed by atoms with Crippen LogP contribution in [0.3, 0.4) is 0 Å². The number of hydrogen-bond acceptors (Lipinski definition) is 7. The fourth-order valence-corrected chi connectivity index (χ4v) is 2.85. The third-order valence-electron chi connectivity index (χ3n) is 4.43. The number of aromatic nitrogens is 3. The van der Waals surface area contributed by atoms with Crippen LogP contribution < -0.4 is 21.3 Å². The second-order valence-electron chi connectivity index (χ2n) is 6.90. The van der Waals surface area contributed by atoms with E-state index in [1.165, 1.54) is 54.6 Å². The maximum atomic E-state index is 14.1. The molecule has 1 aromatic heterocycles. The van der Waals surface area contributed by atoms with Gasteiger partial charge in [0.25, 0.3) is 0 Å². The highest BCUT2D eigenvalue weighted by atomic mass is 19.1. The smallest absolute Gasteiger partial charge is 0.243 e. The Labute approximate surface area is 192 Å². The lowest BCUT2D eigenvalue weighted by molar-refractivity contribution is -0.114. The zero-order valence-corrected chi connectivity index (χ0v) is 17.5. The lowest BCUT2D eigenvalue weighted by atomic mass is 10.3. The van der Waals surface area contributed by atoms with E-state index in [0.29, 0.717) is 0 Å². The quantitative estimate of drug-likeness (QED) is 0.296. The Bertz CT molecular complexity index is 1250. The number of hydrogen-bond donors (Lipinski definition) is 4. The minimum atomic E-state index is -0.580. The number of carbonyl (C=O) groups excluding carboxylic acids is 1. The zero-order valence-electron chi connectivity index (χ0n) is 17.5. The Balaban J connectivity index is 1.55. The van der Waals surface area contributed by atoms with Crippen molar-refractivity contribution < 1.29 is 18.0 Å². The summed E-state index contributed by atoms with van der Waals surface area (Å²) in [7, 11) is 0. The SMILES string of the molecule is O=C(CNc1nc(Nc2ccccc2F)nc(Nc2ccccc2F)n1)Nc1ccccc1F. The predicted octanol–water partition coefficient (Wildman–Crippen LogP) is 4.83. The summed E-state index contributed by atoms with van der Waals surface area (Å²) in [6.07, 6.45) is 0. The van der Waals surface area contributed by atoms with Crippen molar-refractivity contribution in [3.05, 3.63) is 90.2 Å². The van der Waals surface area contributed by atoms with Crippen LogP contribution in [0, 0.1) is 17.5 Å². The van der Waals surface area contributed by atoms with E-state index in [1.807, 2.05) is 0 Å². The molecular weight excluding hydrogens is 447 g/mol. The molecule has 0 unspecified atom stereocenters. The number of nitrogens with zero attached hydrogens (tertiary/aromatic N) is 3. The van der Waals surface area contributed by atoms with Crippen LogP contribution in [0.15, 0.2) is 72.8 Å². The maximum Gasteiger partial charge on any atom is 0.243 e. The van der Waals surface area contributed by atoms with Gasteiger partial charge < -0.3 is 21.3 Å². The lowest BCUT2D eigenvalue weighted by Gasteiger charge is -2.12. The first-order valence-corrected chi connectivity index (χ1v) is 10.1. The molecule has 8 nitrogen and oxygen atoms in total. The molecule has 0 saturated heterocycles. The van der Waals surface area contributed by atoms with Crippen molar-refractivity contribution in [1.82, 2.24) is 15.0 Å². The van der Waals surface area contributed by atoms with E-state index in [0.717, 1.165) is 0 Å². The Morgan fingerprint density at radius 2 is 1.03 bits per heavy atom. The third kappa shape index (κ3) is 5.76. The molecule has 4 aromatic rings. The summed E-state index contributed by atoms with van der Waals surface area (Å²) in [6, 6.07) is 17.5. The van der Waals surface area contributed by atoms with Crippen molar-refractivity contribution in [2.75, 3.05) is 27.8 Å². The topological polar surface area (TPSA) is 104 Å². The monoisotopic (exact) mass is 465 g/mol. The van der Waals surface area contributed by atoms with Crippen LogP contribution in [-0.2, 0) is 4.79 Å². The molecule has 34 heavy (non-hydrogen) atoms. The Hall–Kier alpha value is -4.67. The number of halogens is 3. The predicted molar refractivity (Wildman–Crippen MR) is 123 cm³/mol. The number of anilines is 6. The van der Waals surface area contributed by atoms with Crippen molar-refractivity contribution in [1.29, 1.82) is 0 Å². The molecule has 3 aromatic carbocycles. The molecule has 1 heterocycles. The molecule has 11 heteroatoms. The summed E-state index contributed by atoms with van der Waals surface area (Å²) < 4.78 is 41.9. The van der Waals surface area contributed by atoms with Gasteiger partial charge in [0.05, 0.1) is 23.6 Å². The number of carbonyl (C=O) groups is 1. The fourth-order valence-electron chi connectivity index (χ4n) is 2.85. The number of nitrogens with one attached hydrogen (secondary N) is 4.